The molecule has 2 N–H and O–H groups in total. The van der Waals surface area contributed by atoms with E-state index in [1.165, 1.54) is 12.1 Å². The van der Waals surface area contributed by atoms with Crippen molar-refractivity contribution < 1.29 is 9.53 Å². The summed E-state index contributed by atoms with van der Waals surface area (Å²) in [5, 5.41) is 6.47. The first-order chi connectivity index (χ1) is 11.9. The van der Waals surface area contributed by atoms with Crippen LogP contribution in [0.5, 0.6) is 5.75 Å². The van der Waals surface area contributed by atoms with Crippen LogP contribution >= 0.6 is 47.0 Å². The van der Waals surface area contributed by atoms with E-state index >= 15 is 0 Å². The van der Waals surface area contributed by atoms with Crippen molar-refractivity contribution in [1.29, 1.82) is 0 Å². The fourth-order valence-corrected chi connectivity index (χ4v) is 2.73. The minimum absolute atomic E-state index is 0.0792. The largest absolute Gasteiger partial charge is 0.493 e. The molecule has 2 aromatic rings. The zero-order valence-corrected chi connectivity index (χ0v) is 16.3. The van der Waals surface area contributed by atoms with Crippen LogP contribution in [0.25, 0.3) is 0 Å². The molecule has 0 aliphatic rings. The first-order valence-electron chi connectivity index (χ1n) is 7.41. The van der Waals surface area contributed by atoms with E-state index in [0.717, 1.165) is 6.42 Å². The monoisotopic (exact) mass is 416 g/mol. The van der Waals surface area contributed by atoms with Crippen LogP contribution in [0.1, 0.15) is 23.7 Å². The molecule has 0 radical (unpaired) electrons. The van der Waals surface area contributed by atoms with Crippen molar-refractivity contribution in [2.45, 2.75) is 13.3 Å². The van der Waals surface area contributed by atoms with Crippen molar-refractivity contribution in [1.82, 2.24) is 5.32 Å². The summed E-state index contributed by atoms with van der Waals surface area (Å²) in [6.45, 7) is 2.51. The Bertz CT molecular complexity index is 799. The zero-order chi connectivity index (χ0) is 18.4. The number of amides is 1. The summed E-state index contributed by atoms with van der Waals surface area (Å²) in [5.74, 6) is 0.109. The molecule has 8 heteroatoms. The maximum Gasteiger partial charge on any atom is 0.261 e. The van der Waals surface area contributed by atoms with Gasteiger partial charge >= 0.3 is 0 Å². The van der Waals surface area contributed by atoms with E-state index < -0.39 is 0 Å². The van der Waals surface area contributed by atoms with E-state index in [1.54, 1.807) is 24.3 Å². The number of thiocarbonyl (C=S) groups is 1. The van der Waals surface area contributed by atoms with E-state index in [0.29, 0.717) is 38.7 Å². The lowest BCUT2D eigenvalue weighted by Crippen LogP contribution is -2.34. The van der Waals surface area contributed by atoms with Gasteiger partial charge in [0.25, 0.3) is 5.91 Å². The maximum absolute atomic E-state index is 12.4. The lowest BCUT2D eigenvalue weighted by Gasteiger charge is -2.14. The molecule has 0 heterocycles. The first-order valence-corrected chi connectivity index (χ1v) is 8.95. The lowest BCUT2D eigenvalue weighted by atomic mass is 10.2. The number of halogens is 3. The van der Waals surface area contributed by atoms with Crippen molar-refractivity contribution in [2.24, 2.45) is 0 Å². The second kappa shape index (κ2) is 9.25. The van der Waals surface area contributed by atoms with Crippen LogP contribution in [0.4, 0.5) is 5.69 Å². The summed E-state index contributed by atoms with van der Waals surface area (Å²) in [4.78, 5) is 12.4. The highest BCUT2D eigenvalue weighted by Crippen LogP contribution is 2.32. The lowest BCUT2D eigenvalue weighted by molar-refractivity contribution is 0.0973. The van der Waals surface area contributed by atoms with Gasteiger partial charge in [0.05, 0.1) is 32.9 Å². The summed E-state index contributed by atoms with van der Waals surface area (Å²) in [7, 11) is 0. The highest BCUT2D eigenvalue weighted by Gasteiger charge is 2.14. The number of ether oxygens (including phenoxy) is 1. The Hall–Kier alpha value is -1.53. The van der Waals surface area contributed by atoms with Crippen molar-refractivity contribution in [2.75, 3.05) is 11.9 Å². The van der Waals surface area contributed by atoms with Gasteiger partial charge in [-0.05, 0) is 42.9 Å². The summed E-state index contributed by atoms with van der Waals surface area (Å²) >= 11 is 23.1. The molecule has 2 aromatic carbocycles. The number of hydrogen-bond acceptors (Lipinski definition) is 3. The molecule has 25 heavy (non-hydrogen) atoms. The van der Waals surface area contributed by atoms with Gasteiger partial charge in [-0.15, -0.1) is 0 Å². The van der Waals surface area contributed by atoms with Crippen molar-refractivity contribution in [3.63, 3.8) is 0 Å². The fraction of sp³-hybridized carbons (Fsp3) is 0.176. The number of para-hydroxylation sites is 1. The normalized spacial score (nSPS) is 10.2. The van der Waals surface area contributed by atoms with Gasteiger partial charge in [0.1, 0.15) is 5.75 Å². The highest BCUT2D eigenvalue weighted by atomic mass is 35.5. The Morgan fingerprint density at radius 2 is 1.80 bits per heavy atom. The number of benzene rings is 2. The van der Waals surface area contributed by atoms with Gasteiger partial charge in [0.2, 0.25) is 0 Å². The van der Waals surface area contributed by atoms with Crippen LogP contribution in [-0.2, 0) is 0 Å². The molecule has 0 aliphatic carbocycles. The number of nitrogens with one attached hydrogen (secondary N) is 2. The molecule has 0 saturated heterocycles. The fourth-order valence-electron chi connectivity index (χ4n) is 1.93. The van der Waals surface area contributed by atoms with Gasteiger partial charge in [-0.3, -0.25) is 10.1 Å². The molecule has 2 rings (SSSR count). The zero-order valence-electron chi connectivity index (χ0n) is 13.2. The summed E-state index contributed by atoms with van der Waals surface area (Å²) in [6, 6.07) is 9.97. The van der Waals surface area contributed by atoms with Gasteiger partial charge in [0, 0.05) is 0 Å². The number of carbonyl (C=O) groups excluding carboxylic acids is 1. The van der Waals surface area contributed by atoms with E-state index in [2.05, 4.69) is 10.6 Å². The third kappa shape index (κ3) is 5.47. The third-order valence-corrected chi connectivity index (χ3v) is 4.32. The molecule has 0 unspecified atom stereocenters. The topological polar surface area (TPSA) is 50.4 Å². The van der Waals surface area contributed by atoms with Crippen molar-refractivity contribution in [3.05, 3.63) is 57.0 Å². The van der Waals surface area contributed by atoms with E-state index in [9.17, 15) is 4.79 Å². The Labute approximate surface area is 166 Å². The average Bonchev–Trinajstić information content (AvgIpc) is 2.58. The Balaban J connectivity index is 2.08. The molecule has 0 spiro atoms. The van der Waals surface area contributed by atoms with Gasteiger partial charge in [-0.1, -0.05) is 53.9 Å². The second-order valence-corrected chi connectivity index (χ2v) is 6.63. The Morgan fingerprint density at radius 3 is 2.52 bits per heavy atom. The second-order valence-electron chi connectivity index (χ2n) is 5.00. The standard InChI is InChI=1S/C17H15Cl3N2O2S/c1-2-7-24-15-6-4-3-5-10(15)16(23)22-17(25)21-14-9-12(19)11(18)8-13(14)20/h3-6,8-9H,2,7H2,1H3,(H2,21,22,23,25). The highest BCUT2D eigenvalue weighted by molar-refractivity contribution is 7.80. The first kappa shape index (κ1) is 19.8. The van der Waals surface area contributed by atoms with Gasteiger partial charge in [0.15, 0.2) is 5.11 Å². The number of anilines is 1. The summed E-state index contributed by atoms with van der Waals surface area (Å²) < 4.78 is 5.58. The molecule has 1 amide bonds. The third-order valence-electron chi connectivity index (χ3n) is 3.08. The van der Waals surface area contributed by atoms with Gasteiger partial charge in [-0.2, -0.15) is 0 Å². The summed E-state index contributed by atoms with van der Waals surface area (Å²) in [6.07, 6.45) is 0.839. The minimum atomic E-state index is -0.389. The molecular weight excluding hydrogens is 403 g/mol. The summed E-state index contributed by atoms with van der Waals surface area (Å²) in [5.41, 5.74) is 0.831. The molecule has 0 atom stereocenters. The Kier molecular flexibility index (Phi) is 7.32. The van der Waals surface area contributed by atoms with Gasteiger partial charge < -0.3 is 10.1 Å². The van der Waals surface area contributed by atoms with Gasteiger partial charge in [-0.25, -0.2) is 0 Å². The van der Waals surface area contributed by atoms with Crippen LogP contribution in [0.15, 0.2) is 36.4 Å². The minimum Gasteiger partial charge on any atom is -0.493 e. The van der Waals surface area contributed by atoms with Crippen LogP contribution in [0.2, 0.25) is 15.1 Å². The van der Waals surface area contributed by atoms with Crippen molar-refractivity contribution >= 4 is 63.7 Å². The van der Waals surface area contributed by atoms with E-state index in [1.807, 2.05) is 6.92 Å². The van der Waals surface area contributed by atoms with E-state index in [-0.39, 0.29) is 11.0 Å². The molecule has 0 fully saturated rings. The molecule has 0 bridgehead atoms. The molecule has 0 saturated carbocycles. The predicted molar refractivity (Wildman–Crippen MR) is 107 cm³/mol. The van der Waals surface area contributed by atoms with Crippen LogP contribution < -0.4 is 15.4 Å². The quantitative estimate of drug-likeness (QED) is 0.494. The van der Waals surface area contributed by atoms with Crippen LogP contribution in [0, 0.1) is 0 Å². The predicted octanol–water partition coefficient (Wildman–Crippen LogP) is 5.56. The number of hydrogen-bond donors (Lipinski definition) is 2. The average molecular weight is 418 g/mol. The van der Waals surface area contributed by atoms with Crippen LogP contribution in [0.3, 0.4) is 0 Å². The molecule has 0 aromatic heterocycles. The molecule has 132 valence electrons. The Morgan fingerprint density at radius 1 is 1.12 bits per heavy atom. The van der Waals surface area contributed by atoms with Crippen LogP contribution in [-0.4, -0.2) is 17.6 Å². The number of rotatable bonds is 5. The smallest absolute Gasteiger partial charge is 0.261 e. The maximum atomic E-state index is 12.4. The number of carbonyl (C=O) groups is 1. The van der Waals surface area contributed by atoms with Crippen molar-refractivity contribution in [3.8, 4) is 5.75 Å². The molecule has 4 nitrogen and oxygen atoms in total. The molecule has 0 aliphatic heterocycles. The molecular formula is C17H15Cl3N2O2S. The van der Waals surface area contributed by atoms with E-state index in [4.69, 9.17) is 51.8 Å². The SMILES string of the molecule is CCCOc1ccccc1C(=O)NC(=S)Nc1cc(Cl)c(Cl)cc1Cl.